The van der Waals surface area contributed by atoms with Gasteiger partial charge in [0.05, 0.1) is 6.61 Å². The van der Waals surface area contributed by atoms with E-state index >= 15 is 0 Å². The van der Waals surface area contributed by atoms with Gasteiger partial charge in [0, 0.05) is 12.8 Å². The molecular weight excluding hydrogens is 524 g/mol. The third kappa shape index (κ3) is 31.1. The molecular formula is C37H66O5. The zero-order valence-corrected chi connectivity index (χ0v) is 27.5. The largest absolute Gasteiger partial charge is 0.462 e. The molecule has 0 aromatic heterocycles. The van der Waals surface area contributed by atoms with Crippen LogP contribution in [0.5, 0.6) is 0 Å². The first kappa shape index (κ1) is 40.1. The Morgan fingerprint density at radius 1 is 0.548 bits per heavy atom. The minimum absolute atomic E-state index is 0.0732. The monoisotopic (exact) mass is 590 g/mol. The van der Waals surface area contributed by atoms with Crippen molar-refractivity contribution in [1.82, 2.24) is 0 Å². The van der Waals surface area contributed by atoms with Crippen LogP contribution in [0.15, 0.2) is 36.5 Å². The van der Waals surface area contributed by atoms with Crippen LogP contribution in [0.3, 0.4) is 0 Å². The SMILES string of the molecule is CCC/C=C\CCCCCCCC(=O)OCC(CO)OC(=O)CCCCCCCCC/C=C\C/C=C\CCCCCC. The minimum Gasteiger partial charge on any atom is -0.462 e. The lowest BCUT2D eigenvalue weighted by Crippen LogP contribution is -2.28. The quantitative estimate of drug-likeness (QED) is 0.0494. The van der Waals surface area contributed by atoms with Gasteiger partial charge in [-0.25, -0.2) is 0 Å². The molecule has 42 heavy (non-hydrogen) atoms. The number of aliphatic hydroxyl groups excluding tert-OH is 1. The third-order valence-corrected chi connectivity index (χ3v) is 7.39. The fourth-order valence-electron chi connectivity index (χ4n) is 4.70. The van der Waals surface area contributed by atoms with Crippen LogP contribution in [0.1, 0.15) is 168 Å². The maximum atomic E-state index is 12.1. The van der Waals surface area contributed by atoms with Crippen LogP contribution >= 0.6 is 0 Å². The Labute approximate surface area is 259 Å². The van der Waals surface area contributed by atoms with Crippen LogP contribution < -0.4 is 0 Å². The summed E-state index contributed by atoms with van der Waals surface area (Å²) in [4.78, 5) is 24.1. The number of allylic oxidation sites excluding steroid dienone is 6. The topological polar surface area (TPSA) is 72.8 Å². The summed E-state index contributed by atoms with van der Waals surface area (Å²) in [5.74, 6) is -0.614. The first-order valence-corrected chi connectivity index (χ1v) is 17.5. The van der Waals surface area contributed by atoms with Crippen molar-refractivity contribution < 1.29 is 24.2 Å². The van der Waals surface area contributed by atoms with Crippen molar-refractivity contribution in [3.8, 4) is 0 Å². The van der Waals surface area contributed by atoms with E-state index in [0.717, 1.165) is 64.2 Å². The lowest BCUT2D eigenvalue weighted by molar-refractivity contribution is -0.161. The van der Waals surface area contributed by atoms with Gasteiger partial charge in [0.15, 0.2) is 6.10 Å². The zero-order chi connectivity index (χ0) is 30.8. The van der Waals surface area contributed by atoms with Crippen molar-refractivity contribution in [2.45, 2.75) is 174 Å². The number of rotatable bonds is 31. The normalized spacial score (nSPS) is 12.5. The summed E-state index contributed by atoms with van der Waals surface area (Å²) in [6, 6.07) is 0. The van der Waals surface area contributed by atoms with Gasteiger partial charge in [0.1, 0.15) is 6.61 Å². The van der Waals surface area contributed by atoms with Gasteiger partial charge in [-0.2, -0.15) is 0 Å². The van der Waals surface area contributed by atoms with Gasteiger partial charge >= 0.3 is 11.9 Å². The van der Waals surface area contributed by atoms with Crippen molar-refractivity contribution in [1.29, 1.82) is 0 Å². The van der Waals surface area contributed by atoms with Gasteiger partial charge in [0.2, 0.25) is 0 Å². The van der Waals surface area contributed by atoms with Gasteiger partial charge in [-0.15, -0.1) is 0 Å². The van der Waals surface area contributed by atoms with Gasteiger partial charge in [-0.05, 0) is 64.2 Å². The predicted octanol–water partition coefficient (Wildman–Crippen LogP) is 10.5. The van der Waals surface area contributed by atoms with Gasteiger partial charge in [-0.3, -0.25) is 9.59 Å². The first-order chi connectivity index (χ1) is 20.6. The highest BCUT2D eigenvalue weighted by molar-refractivity contribution is 5.70. The fourth-order valence-corrected chi connectivity index (χ4v) is 4.70. The molecule has 0 spiro atoms. The highest BCUT2D eigenvalue weighted by atomic mass is 16.6. The average Bonchev–Trinajstić information content (AvgIpc) is 2.99. The van der Waals surface area contributed by atoms with Crippen LogP contribution in [-0.2, 0) is 19.1 Å². The lowest BCUT2D eigenvalue weighted by Gasteiger charge is -2.15. The first-order valence-electron chi connectivity index (χ1n) is 17.5. The Morgan fingerprint density at radius 3 is 1.52 bits per heavy atom. The Morgan fingerprint density at radius 2 is 1.00 bits per heavy atom. The standard InChI is InChI=1S/C37H66O5/c1-3-5-7-9-11-13-15-16-17-18-19-20-21-22-24-26-28-30-32-37(40)42-35(33-38)34-41-36(39)31-29-27-25-23-14-12-10-8-6-4-2/h8,10,13,15,17-18,35,38H,3-7,9,11-12,14,16,19-34H2,1-2H3/b10-8-,15-13-,18-17-. The molecule has 1 N–H and O–H groups in total. The molecule has 0 saturated carbocycles. The highest BCUT2D eigenvalue weighted by Crippen LogP contribution is 2.12. The summed E-state index contributed by atoms with van der Waals surface area (Å²) in [5.41, 5.74) is 0. The summed E-state index contributed by atoms with van der Waals surface area (Å²) in [6.45, 7) is 4.03. The third-order valence-electron chi connectivity index (χ3n) is 7.39. The lowest BCUT2D eigenvalue weighted by atomic mass is 10.1. The number of esters is 2. The van der Waals surface area contributed by atoms with Crippen LogP contribution in [0.2, 0.25) is 0 Å². The molecule has 0 aromatic rings. The molecule has 0 aliphatic rings. The van der Waals surface area contributed by atoms with Crippen molar-refractivity contribution in [2.24, 2.45) is 0 Å². The molecule has 1 atom stereocenters. The summed E-state index contributed by atoms with van der Waals surface area (Å²) in [5, 5.41) is 9.50. The molecule has 1 unspecified atom stereocenters. The van der Waals surface area contributed by atoms with E-state index in [9.17, 15) is 14.7 Å². The molecule has 0 saturated heterocycles. The molecule has 5 heteroatoms. The minimum atomic E-state index is -0.775. The number of unbranched alkanes of at least 4 members (excludes halogenated alkanes) is 17. The van der Waals surface area contributed by atoms with Crippen molar-refractivity contribution in [3.63, 3.8) is 0 Å². The van der Waals surface area contributed by atoms with E-state index in [1.165, 1.54) is 77.0 Å². The van der Waals surface area contributed by atoms with Crippen molar-refractivity contribution in [3.05, 3.63) is 36.5 Å². The number of aliphatic hydroxyl groups is 1. The Hall–Kier alpha value is -1.88. The summed E-state index contributed by atoms with van der Waals surface area (Å²) in [7, 11) is 0. The van der Waals surface area contributed by atoms with E-state index in [2.05, 4.69) is 50.3 Å². The number of carbonyl (C=O) groups is 2. The molecule has 0 bridgehead atoms. The molecule has 0 aliphatic carbocycles. The molecule has 0 rings (SSSR count). The molecule has 0 aliphatic heterocycles. The van der Waals surface area contributed by atoms with Gasteiger partial charge in [0.25, 0.3) is 0 Å². The van der Waals surface area contributed by atoms with E-state index in [1.807, 2.05) is 0 Å². The highest BCUT2D eigenvalue weighted by Gasteiger charge is 2.16. The van der Waals surface area contributed by atoms with Crippen LogP contribution in [-0.4, -0.2) is 36.4 Å². The smallest absolute Gasteiger partial charge is 0.306 e. The van der Waals surface area contributed by atoms with E-state index in [1.54, 1.807) is 0 Å². The maximum absolute atomic E-state index is 12.1. The Balaban J connectivity index is 3.59. The Kier molecular flexibility index (Phi) is 32.1. The predicted molar refractivity (Wildman–Crippen MR) is 178 cm³/mol. The van der Waals surface area contributed by atoms with E-state index < -0.39 is 6.10 Å². The van der Waals surface area contributed by atoms with Gasteiger partial charge < -0.3 is 14.6 Å². The summed E-state index contributed by atoms with van der Waals surface area (Å²) in [6.07, 6.45) is 39.1. The summed E-state index contributed by atoms with van der Waals surface area (Å²) >= 11 is 0. The maximum Gasteiger partial charge on any atom is 0.306 e. The number of hydrogen-bond donors (Lipinski definition) is 1. The second-order valence-corrected chi connectivity index (χ2v) is 11.6. The molecule has 0 heterocycles. The fraction of sp³-hybridized carbons (Fsp3) is 0.784. The van der Waals surface area contributed by atoms with Crippen molar-refractivity contribution >= 4 is 11.9 Å². The van der Waals surface area contributed by atoms with Crippen LogP contribution in [0.4, 0.5) is 0 Å². The summed E-state index contributed by atoms with van der Waals surface area (Å²) < 4.78 is 10.5. The Bertz CT molecular complexity index is 682. The zero-order valence-electron chi connectivity index (χ0n) is 27.5. The van der Waals surface area contributed by atoms with Crippen LogP contribution in [0, 0.1) is 0 Å². The molecule has 0 amide bonds. The molecule has 0 fully saturated rings. The van der Waals surface area contributed by atoms with E-state index in [-0.39, 0.29) is 25.2 Å². The molecule has 244 valence electrons. The second-order valence-electron chi connectivity index (χ2n) is 11.6. The average molecular weight is 591 g/mol. The second kappa shape index (κ2) is 33.6. The molecule has 0 radical (unpaired) electrons. The van der Waals surface area contributed by atoms with E-state index in [0.29, 0.717) is 12.8 Å². The molecule has 5 nitrogen and oxygen atoms in total. The van der Waals surface area contributed by atoms with E-state index in [4.69, 9.17) is 9.47 Å². The molecule has 0 aromatic carbocycles. The van der Waals surface area contributed by atoms with Crippen molar-refractivity contribution in [2.75, 3.05) is 13.2 Å². The number of hydrogen-bond acceptors (Lipinski definition) is 5. The number of carbonyl (C=O) groups excluding carboxylic acids is 2. The van der Waals surface area contributed by atoms with Gasteiger partial charge in [-0.1, -0.05) is 127 Å². The van der Waals surface area contributed by atoms with Crippen LogP contribution in [0.25, 0.3) is 0 Å². The number of ether oxygens (including phenoxy) is 2.